The number of rotatable bonds is 5. The van der Waals surface area contributed by atoms with Gasteiger partial charge >= 0.3 is 0 Å². The number of nitrogens with one attached hydrogen (secondary N) is 1. The summed E-state index contributed by atoms with van der Waals surface area (Å²) in [4.78, 5) is 12.5. The van der Waals surface area contributed by atoms with Gasteiger partial charge in [0.2, 0.25) is 0 Å². The quantitative estimate of drug-likeness (QED) is 0.764. The van der Waals surface area contributed by atoms with Crippen molar-refractivity contribution in [3.63, 3.8) is 0 Å². The average molecular weight is 323 g/mol. The molecule has 0 saturated carbocycles. The summed E-state index contributed by atoms with van der Waals surface area (Å²) < 4.78 is 15.8. The summed E-state index contributed by atoms with van der Waals surface area (Å²) in [6.45, 7) is 0. The minimum absolute atomic E-state index is 0.212. The molecule has 0 fully saturated rings. The maximum absolute atomic E-state index is 12.5. The third-order valence-corrected chi connectivity index (χ3v) is 3.57. The van der Waals surface area contributed by atoms with E-state index >= 15 is 0 Å². The molecule has 1 N–H and O–H groups in total. The Balaban J connectivity index is 1.81. The molecule has 0 saturated heterocycles. The lowest BCUT2D eigenvalue weighted by Gasteiger charge is -2.11. The Hall–Kier alpha value is -3.21. The molecule has 1 amide bonds. The molecule has 0 bridgehead atoms. The lowest BCUT2D eigenvalue weighted by molar-refractivity contribution is 0.102. The summed E-state index contributed by atoms with van der Waals surface area (Å²) in [6, 6.07) is 16.1. The molecule has 0 aliphatic carbocycles. The molecule has 5 heteroatoms. The lowest BCUT2D eigenvalue weighted by Crippen LogP contribution is -2.12. The normalized spacial score (nSPS) is 10.2. The number of benzene rings is 2. The highest BCUT2D eigenvalue weighted by molar-refractivity contribution is 6.05. The molecule has 0 unspecified atom stereocenters. The second-order valence-electron chi connectivity index (χ2n) is 5.08. The number of anilines is 1. The molecule has 2 aromatic carbocycles. The monoisotopic (exact) mass is 323 g/mol. The molecule has 3 aromatic rings. The van der Waals surface area contributed by atoms with Crippen LogP contribution in [0.4, 0.5) is 5.69 Å². The molecule has 24 heavy (non-hydrogen) atoms. The van der Waals surface area contributed by atoms with E-state index in [2.05, 4.69) is 5.32 Å². The number of hydrogen-bond donors (Lipinski definition) is 1. The van der Waals surface area contributed by atoms with Crippen LogP contribution < -0.4 is 14.8 Å². The molecular formula is C19H17NO4. The van der Waals surface area contributed by atoms with E-state index in [1.54, 1.807) is 50.8 Å². The van der Waals surface area contributed by atoms with Crippen LogP contribution in [0, 0.1) is 0 Å². The van der Waals surface area contributed by atoms with Crippen molar-refractivity contribution in [1.29, 1.82) is 0 Å². The Morgan fingerprint density at radius 3 is 2.50 bits per heavy atom. The Morgan fingerprint density at radius 1 is 0.958 bits per heavy atom. The highest BCUT2D eigenvalue weighted by Crippen LogP contribution is 2.30. The number of furan rings is 1. The van der Waals surface area contributed by atoms with Crippen molar-refractivity contribution in [2.45, 2.75) is 0 Å². The Kier molecular flexibility index (Phi) is 4.52. The van der Waals surface area contributed by atoms with Crippen molar-refractivity contribution < 1.29 is 18.7 Å². The molecule has 0 aliphatic rings. The maximum Gasteiger partial charge on any atom is 0.255 e. The van der Waals surface area contributed by atoms with Gasteiger partial charge in [-0.1, -0.05) is 12.1 Å². The third-order valence-electron chi connectivity index (χ3n) is 3.57. The Morgan fingerprint density at radius 2 is 1.79 bits per heavy atom. The zero-order valence-corrected chi connectivity index (χ0v) is 13.4. The summed E-state index contributed by atoms with van der Waals surface area (Å²) >= 11 is 0. The minimum Gasteiger partial charge on any atom is -0.493 e. The number of ether oxygens (including phenoxy) is 2. The molecule has 5 nitrogen and oxygen atoms in total. The molecule has 0 atom stereocenters. The van der Waals surface area contributed by atoms with E-state index in [0.717, 1.165) is 11.3 Å². The molecular weight excluding hydrogens is 306 g/mol. The predicted octanol–water partition coefficient (Wildman–Crippen LogP) is 4.22. The zero-order valence-electron chi connectivity index (χ0n) is 13.4. The van der Waals surface area contributed by atoms with Gasteiger partial charge in [0.25, 0.3) is 5.91 Å². The average Bonchev–Trinajstić information content (AvgIpc) is 3.16. The van der Waals surface area contributed by atoms with Crippen molar-refractivity contribution in [3.8, 4) is 22.8 Å². The lowest BCUT2D eigenvalue weighted by atomic mass is 10.1. The van der Waals surface area contributed by atoms with Crippen molar-refractivity contribution in [3.05, 3.63) is 66.4 Å². The van der Waals surface area contributed by atoms with Gasteiger partial charge in [0.05, 0.1) is 20.5 Å². The second-order valence-corrected chi connectivity index (χ2v) is 5.08. The predicted molar refractivity (Wildman–Crippen MR) is 91.6 cm³/mol. The fraction of sp³-hybridized carbons (Fsp3) is 0.105. The molecule has 0 radical (unpaired) electrons. The van der Waals surface area contributed by atoms with E-state index < -0.39 is 0 Å². The fourth-order valence-electron chi connectivity index (χ4n) is 2.37. The summed E-state index contributed by atoms with van der Waals surface area (Å²) in [6.07, 6.45) is 1.60. The topological polar surface area (TPSA) is 60.7 Å². The molecule has 122 valence electrons. The van der Waals surface area contributed by atoms with Gasteiger partial charge in [-0.15, -0.1) is 0 Å². The number of methoxy groups -OCH3 is 2. The maximum atomic E-state index is 12.5. The van der Waals surface area contributed by atoms with E-state index in [0.29, 0.717) is 22.7 Å². The van der Waals surface area contributed by atoms with Crippen molar-refractivity contribution in [1.82, 2.24) is 0 Å². The van der Waals surface area contributed by atoms with Gasteiger partial charge in [-0.3, -0.25) is 4.79 Å². The van der Waals surface area contributed by atoms with Crippen LogP contribution in [0.5, 0.6) is 11.5 Å². The van der Waals surface area contributed by atoms with E-state index in [1.165, 1.54) is 0 Å². The SMILES string of the molecule is COc1ccc(NC(=O)c2cccc(-c3ccco3)c2)cc1OC. The fourth-order valence-corrected chi connectivity index (χ4v) is 2.37. The second kappa shape index (κ2) is 6.91. The zero-order chi connectivity index (χ0) is 16.9. The van der Waals surface area contributed by atoms with Crippen LogP contribution in [0.25, 0.3) is 11.3 Å². The van der Waals surface area contributed by atoms with Crippen LogP contribution >= 0.6 is 0 Å². The van der Waals surface area contributed by atoms with E-state index in [1.807, 2.05) is 24.3 Å². The molecule has 1 heterocycles. The number of carbonyl (C=O) groups excluding carboxylic acids is 1. The van der Waals surface area contributed by atoms with Gasteiger partial charge < -0.3 is 19.2 Å². The van der Waals surface area contributed by atoms with Gasteiger partial charge in [0.1, 0.15) is 5.76 Å². The van der Waals surface area contributed by atoms with Crippen LogP contribution in [-0.2, 0) is 0 Å². The van der Waals surface area contributed by atoms with Crippen molar-refractivity contribution in [2.75, 3.05) is 19.5 Å². The molecule has 0 aliphatic heterocycles. The van der Waals surface area contributed by atoms with E-state index in [4.69, 9.17) is 13.9 Å². The summed E-state index contributed by atoms with van der Waals surface area (Å²) in [7, 11) is 3.12. The molecule has 3 rings (SSSR count). The molecule has 1 aromatic heterocycles. The van der Waals surface area contributed by atoms with E-state index in [-0.39, 0.29) is 5.91 Å². The van der Waals surface area contributed by atoms with Crippen LogP contribution in [0.15, 0.2) is 65.3 Å². The van der Waals surface area contributed by atoms with Crippen LogP contribution in [0.3, 0.4) is 0 Å². The summed E-state index contributed by atoms with van der Waals surface area (Å²) in [5.74, 6) is 1.67. The van der Waals surface area contributed by atoms with Crippen LogP contribution in [0.2, 0.25) is 0 Å². The first-order valence-electron chi connectivity index (χ1n) is 7.38. The van der Waals surface area contributed by atoms with E-state index in [9.17, 15) is 4.79 Å². The summed E-state index contributed by atoms with van der Waals surface area (Å²) in [5, 5.41) is 2.85. The minimum atomic E-state index is -0.212. The van der Waals surface area contributed by atoms with Gasteiger partial charge in [-0.05, 0) is 36.4 Å². The van der Waals surface area contributed by atoms with Crippen LogP contribution in [-0.4, -0.2) is 20.1 Å². The van der Waals surface area contributed by atoms with Crippen molar-refractivity contribution >= 4 is 11.6 Å². The van der Waals surface area contributed by atoms with Crippen LogP contribution in [0.1, 0.15) is 10.4 Å². The largest absolute Gasteiger partial charge is 0.493 e. The number of hydrogen-bond acceptors (Lipinski definition) is 4. The Labute approximate surface area is 139 Å². The highest BCUT2D eigenvalue weighted by Gasteiger charge is 2.11. The van der Waals surface area contributed by atoms with Gasteiger partial charge in [0.15, 0.2) is 11.5 Å². The standard InChI is InChI=1S/C19H17NO4/c1-22-17-9-8-15(12-18(17)23-2)20-19(21)14-6-3-5-13(11-14)16-7-4-10-24-16/h3-12H,1-2H3,(H,20,21). The Bertz CT molecular complexity index is 840. The highest BCUT2D eigenvalue weighted by atomic mass is 16.5. The number of carbonyl (C=O) groups is 1. The number of amides is 1. The first-order chi connectivity index (χ1) is 11.7. The summed E-state index contributed by atoms with van der Waals surface area (Å²) in [5.41, 5.74) is 2.01. The van der Waals surface area contributed by atoms with Crippen molar-refractivity contribution in [2.24, 2.45) is 0 Å². The third kappa shape index (κ3) is 3.25. The first-order valence-corrected chi connectivity index (χ1v) is 7.38. The first kappa shape index (κ1) is 15.7. The molecule has 0 spiro atoms. The smallest absolute Gasteiger partial charge is 0.255 e. The van der Waals surface area contributed by atoms with Gasteiger partial charge in [-0.2, -0.15) is 0 Å². The van der Waals surface area contributed by atoms with Gasteiger partial charge in [0, 0.05) is 22.9 Å². The van der Waals surface area contributed by atoms with Gasteiger partial charge in [-0.25, -0.2) is 0 Å².